The molecule has 0 aliphatic heterocycles. The fourth-order valence-electron chi connectivity index (χ4n) is 2.75. The fraction of sp³-hybridized carbons (Fsp3) is 0.130. The van der Waals surface area contributed by atoms with Crippen molar-refractivity contribution in [3.63, 3.8) is 0 Å². The summed E-state index contributed by atoms with van der Waals surface area (Å²) in [5, 5.41) is 14.5. The first-order valence-corrected chi connectivity index (χ1v) is 11.8. The number of nitrogens with zero attached hydrogens (tertiary/aromatic N) is 1. The van der Waals surface area contributed by atoms with Crippen LogP contribution in [0.15, 0.2) is 64.2 Å². The molecule has 3 aromatic rings. The number of amides is 1. The Morgan fingerprint density at radius 3 is 2.75 bits per heavy atom. The van der Waals surface area contributed by atoms with E-state index >= 15 is 0 Å². The van der Waals surface area contributed by atoms with Crippen LogP contribution < -0.4 is 14.9 Å². The van der Waals surface area contributed by atoms with Gasteiger partial charge in [0.25, 0.3) is 5.91 Å². The topological polar surface area (TPSA) is 80.2 Å². The van der Waals surface area contributed by atoms with E-state index in [0.717, 1.165) is 9.13 Å². The predicted molar refractivity (Wildman–Crippen MR) is 137 cm³/mol. The van der Waals surface area contributed by atoms with Crippen LogP contribution in [-0.4, -0.2) is 23.8 Å². The van der Waals surface area contributed by atoms with E-state index in [9.17, 15) is 9.90 Å². The smallest absolute Gasteiger partial charge is 0.275 e. The van der Waals surface area contributed by atoms with Crippen LogP contribution in [0.4, 0.5) is 0 Å². The zero-order valence-electron chi connectivity index (χ0n) is 16.9. The molecule has 9 heteroatoms. The van der Waals surface area contributed by atoms with E-state index in [2.05, 4.69) is 49.0 Å². The lowest BCUT2D eigenvalue weighted by Gasteiger charge is -2.15. The molecule has 3 aromatic carbocycles. The standard InChI is InChI=1S/C23H19BrClIN2O4/c1-2-31-21-10-14(12-27-28-23(30)17-11-16(24)7-8-20(17)29)9-19(26)22(21)32-13-15-5-3-4-6-18(15)25/h3-12,29H,2,13H2,1H3,(H,28,30)/b27-12-. The Bertz CT molecular complexity index is 1160. The fourth-order valence-corrected chi connectivity index (χ4v) is 4.08. The summed E-state index contributed by atoms with van der Waals surface area (Å²) in [5.41, 5.74) is 4.11. The second-order valence-corrected chi connectivity index (χ2v) is 8.99. The minimum Gasteiger partial charge on any atom is -0.507 e. The first-order valence-electron chi connectivity index (χ1n) is 9.53. The molecule has 0 saturated heterocycles. The molecule has 166 valence electrons. The van der Waals surface area contributed by atoms with Gasteiger partial charge in [0.1, 0.15) is 12.4 Å². The van der Waals surface area contributed by atoms with E-state index in [-0.39, 0.29) is 11.3 Å². The van der Waals surface area contributed by atoms with E-state index in [1.54, 1.807) is 12.1 Å². The van der Waals surface area contributed by atoms with E-state index in [1.807, 2.05) is 37.3 Å². The quantitative estimate of drug-likeness (QED) is 0.178. The molecule has 0 atom stereocenters. The van der Waals surface area contributed by atoms with Crippen molar-refractivity contribution in [1.82, 2.24) is 5.43 Å². The number of benzene rings is 3. The van der Waals surface area contributed by atoms with Crippen LogP contribution in [-0.2, 0) is 6.61 Å². The van der Waals surface area contributed by atoms with Gasteiger partial charge in [0.2, 0.25) is 0 Å². The number of carbonyl (C=O) groups is 1. The number of phenols is 1. The van der Waals surface area contributed by atoms with E-state index < -0.39 is 5.91 Å². The molecule has 6 nitrogen and oxygen atoms in total. The van der Waals surface area contributed by atoms with Crippen LogP contribution in [0.1, 0.15) is 28.4 Å². The molecule has 3 rings (SSSR count). The van der Waals surface area contributed by atoms with Gasteiger partial charge in [-0.2, -0.15) is 5.10 Å². The molecule has 0 fully saturated rings. The number of rotatable bonds is 8. The van der Waals surface area contributed by atoms with Crippen LogP contribution >= 0.6 is 50.1 Å². The molecule has 0 spiro atoms. The van der Waals surface area contributed by atoms with Gasteiger partial charge in [0, 0.05) is 15.1 Å². The maximum Gasteiger partial charge on any atom is 0.275 e. The molecule has 2 N–H and O–H groups in total. The zero-order valence-corrected chi connectivity index (χ0v) is 21.4. The molecule has 0 heterocycles. The van der Waals surface area contributed by atoms with Gasteiger partial charge in [0.05, 0.1) is 22.0 Å². The lowest BCUT2D eigenvalue weighted by Crippen LogP contribution is -2.17. The third-order valence-corrected chi connectivity index (χ3v) is 5.91. The summed E-state index contributed by atoms with van der Waals surface area (Å²) in [7, 11) is 0. The number of carbonyl (C=O) groups excluding carboxylic acids is 1. The second-order valence-electron chi connectivity index (χ2n) is 6.50. The summed E-state index contributed by atoms with van der Waals surface area (Å²) in [6.45, 7) is 2.64. The SMILES string of the molecule is CCOc1cc(/C=N\NC(=O)c2cc(Br)ccc2O)cc(I)c1OCc1ccccc1Cl. The van der Waals surface area contributed by atoms with Gasteiger partial charge in [-0.15, -0.1) is 0 Å². The van der Waals surface area contributed by atoms with Gasteiger partial charge >= 0.3 is 0 Å². The average molecular weight is 630 g/mol. The van der Waals surface area contributed by atoms with Gasteiger partial charge in [-0.25, -0.2) is 5.43 Å². The van der Waals surface area contributed by atoms with E-state index in [4.69, 9.17) is 21.1 Å². The Morgan fingerprint density at radius 2 is 2.00 bits per heavy atom. The number of aromatic hydroxyl groups is 1. The Morgan fingerprint density at radius 1 is 1.22 bits per heavy atom. The lowest BCUT2D eigenvalue weighted by atomic mass is 10.2. The molecule has 0 saturated carbocycles. The molecular weight excluding hydrogens is 611 g/mol. The maximum atomic E-state index is 12.3. The van der Waals surface area contributed by atoms with Crippen molar-refractivity contribution in [3.05, 3.63) is 84.4 Å². The molecule has 1 amide bonds. The highest BCUT2D eigenvalue weighted by atomic mass is 127. The molecule has 0 aromatic heterocycles. The van der Waals surface area contributed by atoms with Crippen molar-refractivity contribution in [2.24, 2.45) is 5.10 Å². The number of ether oxygens (including phenoxy) is 2. The van der Waals surface area contributed by atoms with Crippen LogP contribution in [0, 0.1) is 3.57 Å². The minimum absolute atomic E-state index is 0.115. The normalized spacial score (nSPS) is 10.9. The van der Waals surface area contributed by atoms with Crippen LogP contribution in [0.3, 0.4) is 0 Å². The lowest BCUT2D eigenvalue weighted by molar-refractivity contribution is 0.0952. The highest BCUT2D eigenvalue weighted by molar-refractivity contribution is 14.1. The van der Waals surface area contributed by atoms with E-state index in [1.165, 1.54) is 18.3 Å². The number of nitrogens with one attached hydrogen (secondary N) is 1. The van der Waals surface area contributed by atoms with Gasteiger partial charge in [-0.1, -0.05) is 45.7 Å². The Balaban J connectivity index is 1.75. The van der Waals surface area contributed by atoms with Crippen LogP contribution in [0.2, 0.25) is 5.02 Å². The van der Waals surface area contributed by atoms with Gasteiger partial charge in [-0.3, -0.25) is 4.79 Å². The average Bonchev–Trinajstić information content (AvgIpc) is 2.76. The Labute approximate surface area is 212 Å². The third-order valence-electron chi connectivity index (χ3n) is 4.24. The maximum absolute atomic E-state index is 12.3. The minimum atomic E-state index is -0.528. The second kappa shape index (κ2) is 11.5. The number of halogens is 3. The van der Waals surface area contributed by atoms with E-state index in [0.29, 0.717) is 39.8 Å². The largest absolute Gasteiger partial charge is 0.507 e. The number of phenolic OH excluding ortho intramolecular Hbond substituents is 1. The molecule has 0 radical (unpaired) electrons. The molecule has 0 unspecified atom stereocenters. The highest BCUT2D eigenvalue weighted by Crippen LogP contribution is 2.35. The van der Waals surface area contributed by atoms with Crippen molar-refractivity contribution in [1.29, 1.82) is 0 Å². The van der Waals surface area contributed by atoms with Crippen LogP contribution in [0.5, 0.6) is 17.2 Å². The van der Waals surface area contributed by atoms with Gasteiger partial charge in [0.15, 0.2) is 11.5 Å². The number of hydrogen-bond acceptors (Lipinski definition) is 5. The third kappa shape index (κ3) is 6.36. The van der Waals surface area contributed by atoms with Crippen molar-refractivity contribution < 1.29 is 19.4 Å². The molecule has 0 bridgehead atoms. The van der Waals surface area contributed by atoms with Gasteiger partial charge in [-0.05, 0) is 71.5 Å². The Kier molecular flexibility index (Phi) is 8.77. The molecule has 0 aliphatic carbocycles. The number of hydrazone groups is 1. The summed E-state index contributed by atoms with van der Waals surface area (Å²) in [5.74, 6) is 0.505. The van der Waals surface area contributed by atoms with Crippen LogP contribution in [0.25, 0.3) is 0 Å². The number of hydrogen-bond donors (Lipinski definition) is 2. The first-order chi connectivity index (χ1) is 15.4. The molecule has 0 aliphatic rings. The summed E-state index contributed by atoms with van der Waals surface area (Å²) >= 11 is 11.7. The summed E-state index contributed by atoms with van der Waals surface area (Å²) in [6, 6.07) is 15.7. The highest BCUT2D eigenvalue weighted by Gasteiger charge is 2.14. The van der Waals surface area contributed by atoms with Crippen molar-refractivity contribution in [3.8, 4) is 17.2 Å². The monoisotopic (exact) mass is 628 g/mol. The first kappa shape index (κ1) is 24.3. The zero-order chi connectivity index (χ0) is 23.1. The predicted octanol–water partition coefficient (Wildman–Crippen LogP) is 6.15. The summed E-state index contributed by atoms with van der Waals surface area (Å²) in [6.07, 6.45) is 1.50. The van der Waals surface area contributed by atoms with Crippen molar-refractivity contribution in [2.75, 3.05) is 6.61 Å². The van der Waals surface area contributed by atoms with Crippen molar-refractivity contribution >= 4 is 62.2 Å². The molecular formula is C23H19BrClIN2O4. The van der Waals surface area contributed by atoms with Crippen molar-refractivity contribution in [2.45, 2.75) is 13.5 Å². The molecule has 32 heavy (non-hydrogen) atoms. The van der Waals surface area contributed by atoms with Gasteiger partial charge < -0.3 is 14.6 Å². The Hall–Kier alpha value is -2.30. The summed E-state index contributed by atoms with van der Waals surface area (Å²) in [4.78, 5) is 12.3. The summed E-state index contributed by atoms with van der Waals surface area (Å²) < 4.78 is 13.2.